The minimum absolute atomic E-state index is 0.393. The molecule has 1 nitrogen and oxygen atoms in total. The lowest BCUT2D eigenvalue weighted by molar-refractivity contribution is 0.206. The maximum absolute atomic E-state index is 9.13. The van der Waals surface area contributed by atoms with E-state index >= 15 is 0 Å². The molecule has 0 bridgehead atoms. The number of hydrogen-bond acceptors (Lipinski definition) is 1. The topological polar surface area (TPSA) is 20.2 Å². The molecule has 0 saturated heterocycles. The van der Waals surface area contributed by atoms with Crippen molar-refractivity contribution in [3.63, 3.8) is 0 Å². The molecule has 0 aromatic heterocycles. The van der Waals surface area contributed by atoms with Gasteiger partial charge < -0.3 is 5.11 Å². The third-order valence-electron chi connectivity index (χ3n) is 3.17. The summed E-state index contributed by atoms with van der Waals surface area (Å²) in [4.78, 5) is 0. The Balaban J connectivity index is 3.14. The molecule has 0 amide bonds. The summed E-state index contributed by atoms with van der Waals surface area (Å²) in [5.41, 5.74) is 0. The molecular weight excluding hydrogens is 184 g/mol. The first-order chi connectivity index (χ1) is 7.35. The van der Waals surface area contributed by atoms with Crippen LogP contribution in [-0.2, 0) is 0 Å². The SMILES string of the molecule is CCCCCCCCCC(CO)CCC. The monoisotopic (exact) mass is 214 g/mol. The summed E-state index contributed by atoms with van der Waals surface area (Å²) in [6.07, 6.45) is 13.3. The second kappa shape index (κ2) is 12.0. The van der Waals surface area contributed by atoms with Gasteiger partial charge in [-0.3, -0.25) is 0 Å². The molecule has 0 aliphatic carbocycles. The van der Waals surface area contributed by atoms with Gasteiger partial charge in [-0.05, 0) is 18.8 Å². The number of aliphatic hydroxyl groups is 1. The second-order valence-corrected chi connectivity index (χ2v) is 4.75. The van der Waals surface area contributed by atoms with Crippen LogP contribution in [0.5, 0.6) is 0 Å². The third kappa shape index (κ3) is 10.2. The van der Waals surface area contributed by atoms with Gasteiger partial charge in [0.15, 0.2) is 0 Å². The molecule has 0 aliphatic heterocycles. The van der Waals surface area contributed by atoms with Crippen molar-refractivity contribution in [3.05, 3.63) is 0 Å². The maximum Gasteiger partial charge on any atom is 0.0459 e. The van der Waals surface area contributed by atoms with Gasteiger partial charge in [-0.1, -0.05) is 65.2 Å². The van der Waals surface area contributed by atoms with E-state index in [1.807, 2.05) is 0 Å². The molecule has 1 heteroatoms. The molecule has 15 heavy (non-hydrogen) atoms. The molecule has 0 aromatic rings. The van der Waals surface area contributed by atoms with Gasteiger partial charge in [0.1, 0.15) is 0 Å². The van der Waals surface area contributed by atoms with Crippen molar-refractivity contribution < 1.29 is 5.11 Å². The van der Waals surface area contributed by atoms with E-state index in [2.05, 4.69) is 13.8 Å². The number of unbranched alkanes of at least 4 members (excludes halogenated alkanes) is 6. The normalized spacial score (nSPS) is 13.0. The van der Waals surface area contributed by atoms with E-state index in [9.17, 15) is 0 Å². The highest BCUT2D eigenvalue weighted by Gasteiger charge is 2.04. The lowest BCUT2D eigenvalue weighted by Gasteiger charge is -2.12. The summed E-state index contributed by atoms with van der Waals surface area (Å²) in [5, 5.41) is 9.13. The molecular formula is C14H30O. The number of aliphatic hydroxyl groups excluding tert-OH is 1. The fourth-order valence-electron chi connectivity index (χ4n) is 2.13. The van der Waals surface area contributed by atoms with E-state index in [1.165, 1.54) is 64.2 Å². The first-order valence-electron chi connectivity index (χ1n) is 6.96. The highest BCUT2D eigenvalue weighted by molar-refractivity contribution is 4.57. The predicted molar refractivity (Wildman–Crippen MR) is 68.1 cm³/mol. The predicted octanol–water partition coefficient (Wildman–Crippen LogP) is 4.54. The first-order valence-corrected chi connectivity index (χ1v) is 6.96. The molecule has 0 aromatic carbocycles. The van der Waals surface area contributed by atoms with E-state index in [1.54, 1.807) is 0 Å². The molecule has 0 radical (unpaired) electrons. The summed E-state index contributed by atoms with van der Waals surface area (Å²) in [5.74, 6) is 0.575. The zero-order chi connectivity index (χ0) is 11.4. The van der Waals surface area contributed by atoms with Gasteiger partial charge in [0.05, 0.1) is 0 Å². The fraction of sp³-hybridized carbons (Fsp3) is 1.00. The average molecular weight is 214 g/mol. The van der Waals surface area contributed by atoms with Crippen molar-refractivity contribution in [2.24, 2.45) is 5.92 Å². The second-order valence-electron chi connectivity index (χ2n) is 4.75. The summed E-state index contributed by atoms with van der Waals surface area (Å²) in [6.45, 7) is 4.85. The van der Waals surface area contributed by atoms with Crippen LogP contribution in [0.3, 0.4) is 0 Å². The summed E-state index contributed by atoms with van der Waals surface area (Å²) in [7, 11) is 0. The molecule has 0 saturated carbocycles. The lowest BCUT2D eigenvalue weighted by Crippen LogP contribution is -2.05. The van der Waals surface area contributed by atoms with Gasteiger partial charge in [0.2, 0.25) is 0 Å². The molecule has 0 aliphatic rings. The molecule has 1 unspecified atom stereocenters. The Morgan fingerprint density at radius 3 is 1.87 bits per heavy atom. The van der Waals surface area contributed by atoms with Crippen LogP contribution in [0.25, 0.3) is 0 Å². The van der Waals surface area contributed by atoms with Crippen molar-refractivity contribution in [1.29, 1.82) is 0 Å². The van der Waals surface area contributed by atoms with Crippen LogP contribution >= 0.6 is 0 Å². The van der Waals surface area contributed by atoms with E-state index in [0.717, 1.165) is 0 Å². The molecule has 0 rings (SSSR count). The molecule has 0 fully saturated rings. The van der Waals surface area contributed by atoms with Crippen molar-refractivity contribution >= 4 is 0 Å². The minimum atomic E-state index is 0.393. The van der Waals surface area contributed by atoms with Gasteiger partial charge in [0.25, 0.3) is 0 Å². The molecule has 0 heterocycles. The Bertz CT molecular complexity index is 112. The smallest absolute Gasteiger partial charge is 0.0459 e. The van der Waals surface area contributed by atoms with Crippen LogP contribution in [0.15, 0.2) is 0 Å². The highest BCUT2D eigenvalue weighted by atomic mass is 16.3. The minimum Gasteiger partial charge on any atom is -0.396 e. The highest BCUT2D eigenvalue weighted by Crippen LogP contribution is 2.16. The van der Waals surface area contributed by atoms with Crippen LogP contribution in [-0.4, -0.2) is 11.7 Å². The van der Waals surface area contributed by atoms with Crippen LogP contribution in [0.1, 0.15) is 78.1 Å². The van der Waals surface area contributed by atoms with Gasteiger partial charge in [0, 0.05) is 6.61 Å². The maximum atomic E-state index is 9.13. The van der Waals surface area contributed by atoms with Crippen LogP contribution in [0.2, 0.25) is 0 Å². The van der Waals surface area contributed by atoms with E-state index in [4.69, 9.17) is 5.11 Å². The zero-order valence-electron chi connectivity index (χ0n) is 10.8. The zero-order valence-corrected chi connectivity index (χ0v) is 10.8. The quantitative estimate of drug-likeness (QED) is 0.501. The third-order valence-corrected chi connectivity index (χ3v) is 3.17. The Morgan fingerprint density at radius 1 is 0.733 bits per heavy atom. The largest absolute Gasteiger partial charge is 0.396 e. The molecule has 1 N–H and O–H groups in total. The van der Waals surface area contributed by atoms with Crippen molar-refractivity contribution in [2.45, 2.75) is 78.1 Å². The van der Waals surface area contributed by atoms with Crippen molar-refractivity contribution in [2.75, 3.05) is 6.61 Å². The van der Waals surface area contributed by atoms with Gasteiger partial charge in [-0.2, -0.15) is 0 Å². The Kier molecular flexibility index (Phi) is 12.0. The van der Waals surface area contributed by atoms with E-state index in [0.29, 0.717) is 12.5 Å². The molecule has 0 spiro atoms. The van der Waals surface area contributed by atoms with E-state index in [-0.39, 0.29) is 0 Å². The summed E-state index contributed by atoms with van der Waals surface area (Å²) in [6, 6.07) is 0. The first kappa shape index (κ1) is 15.0. The Hall–Kier alpha value is -0.0400. The Labute approximate surface area is 96.3 Å². The summed E-state index contributed by atoms with van der Waals surface area (Å²) < 4.78 is 0. The Morgan fingerprint density at radius 2 is 1.33 bits per heavy atom. The molecule has 92 valence electrons. The lowest BCUT2D eigenvalue weighted by atomic mass is 9.97. The van der Waals surface area contributed by atoms with Gasteiger partial charge >= 0.3 is 0 Å². The standard InChI is InChI=1S/C14H30O/c1-3-5-6-7-8-9-10-12-14(13-15)11-4-2/h14-15H,3-13H2,1-2H3. The fourth-order valence-corrected chi connectivity index (χ4v) is 2.13. The van der Waals surface area contributed by atoms with Crippen LogP contribution in [0, 0.1) is 5.92 Å². The number of hydrogen-bond donors (Lipinski definition) is 1. The average Bonchev–Trinajstić information content (AvgIpc) is 2.26. The molecule has 1 atom stereocenters. The van der Waals surface area contributed by atoms with Gasteiger partial charge in [-0.15, -0.1) is 0 Å². The number of rotatable bonds is 11. The van der Waals surface area contributed by atoms with Crippen LogP contribution in [0.4, 0.5) is 0 Å². The van der Waals surface area contributed by atoms with E-state index < -0.39 is 0 Å². The van der Waals surface area contributed by atoms with Crippen molar-refractivity contribution in [3.8, 4) is 0 Å². The van der Waals surface area contributed by atoms with Crippen LogP contribution < -0.4 is 0 Å². The van der Waals surface area contributed by atoms with Crippen molar-refractivity contribution in [1.82, 2.24) is 0 Å². The van der Waals surface area contributed by atoms with Gasteiger partial charge in [-0.25, -0.2) is 0 Å². The summed E-state index contributed by atoms with van der Waals surface area (Å²) >= 11 is 0.